The molecule has 0 aliphatic carbocycles. The number of rotatable bonds is 3. The minimum Gasteiger partial charge on any atom is -0.440 e. The second-order valence-corrected chi connectivity index (χ2v) is 5.85. The van der Waals surface area contributed by atoms with Crippen LogP contribution in [0.4, 0.5) is 5.82 Å². The minimum absolute atomic E-state index is 0.249. The van der Waals surface area contributed by atoms with E-state index in [1.807, 2.05) is 11.6 Å². The maximum atomic E-state index is 12.6. The standard InChI is InChI=1S/C16H18N6O3/c1-10-14(20-16(25-10)11-7-18-21(2)9-11)15(23)19-13-8-17-12-3-5-24-6-4-22(12)13/h7-9H,3-6H2,1-2H3,(H,19,23). The van der Waals surface area contributed by atoms with Crippen molar-refractivity contribution in [1.29, 1.82) is 0 Å². The summed E-state index contributed by atoms with van der Waals surface area (Å²) < 4.78 is 14.7. The molecule has 1 aliphatic rings. The van der Waals surface area contributed by atoms with Crippen molar-refractivity contribution in [1.82, 2.24) is 24.3 Å². The van der Waals surface area contributed by atoms with Gasteiger partial charge in [0, 0.05) is 26.2 Å². The first-order valence-electron chi connectivity index (χ1n) is 8.02. The quantitative estimate of drug-likeness (QED) is 0.772. The van der Waals surface area contributed by atoms with Crippen molar-refractivity contribution in [3.8, 4) is 11.5 Å². The molecule has 4 heterocycles. The van der Waals surface area contributed by atoms with Gasteiger partial charge in [-0.3, -0.25) is 9.48 Å². The van der Waals surface area contributed by atoms with Gasteiger partial charge in [0.2, 0.25) is 5.89 Å². The van der Waals surface area contributed by atoms with Crippen LogP contribution in [-0.2, 0) is 24.8 Å². The molecule has 0 fully saturated rings. The molecule has 0 saturated carbocycles. The van der Waals surface area contributed by atoms with Gasteiger partial charge < -0.3 is 19.0 Å². The number of carbonyl (C=O) groups is 1. The van der Waals surface area contributed by atoms with E-state index in [0.717, 1.165) is 17.8 Å². The van der Waals surface area contributed by atoms with Gasteiger partial charge in [0.25, 0.3) is 5.91 Å². The Labute approximate surface area is 143 Å². The molecule has 9 heteroatoms. The zero-order chi connectivity index (χ0) is 17.4. The van der Waals surface area contributed by atoms with Crippen molar-refractivity contribution < 1.29 is 13.9 Å². The van der Waals surface area contributed by atoms with Gasteiger partial charge in [0.15, 0.2) is 5.69 Å². The third kappa shape index (κ3) is 2.93. The van der Waals surface area contributed by atoms with Crippen LogP contribution in [-0.4, -0.2) is 43.4 Å². The Morgan fingerprint density at radius 1 is 1.32 bits per heavy atom. The zero-order valence-electron chi connectivity index (χ0n) is 14.0. The number of ether oxygens (including phenoxy) is 1. The Balaban J connectivity index is 1.58. The molecule has 0 saturated heterocycles. The number of aryl methyl sites for hydroxylation is 2. The molecule has 3 aromatic rings. The average Bonchev–Trinajstić information content (AvgIpc) is 3.23. The van der Waals surface area contributed by atoms with E-state index in [0.29, 0.717) is 37.2 Å². The molecular formula is C16H18N6O3. The average molecular weight is 342 g/mol. The van der Waals surface area contributed by atoms with Crippen molar-refractivity contribution in [2.45, 2.75) is 19.9 Å². The van der Waals surface area contributed by atoms with Gasteiger partial charge >= 0.3 is 0 Å². The molecule has 0 atom stereocenters. The van der Waals surface area contributed by atoms with Crippen LogP contribution in [0.2, 0.25) is 0 Å². The topological polar surface area (TPSA) is 100 Å². The van der Waals surface area contributed by atoms with Gasteiger partial charge in [-0.2, -0.15) is 5.10 Å². The molecule has 0 unspecified atom stereocenters. The van der Waals surface area contributed by atoms with Crippen LogP contribution >= 0.6 is 0 Å². The summed E-state index contributed by atoms with van der Waals surface area (Å²) >= 11 is 0. The number of imidazole rings is 1. The van der Waals surface area contributed by atoms with Crippen molar-refractivity contribution in [2.75, 3.05) is 18.5 Å². The maximum absolute atomic E-state index is 12.6. The molecule has 1 aliphatic heterocycles. The van der Waals surface area contributed by atoms with Crippen LogP contribution < -0.4 is 5.32 Å². The van der Waals surface area contributed by atoms with Crippen molar-refractivity contribution >= 4 is 11.7 Å². The van der Waals surface area contributed by atoms with Crippen LogP contribution in [0.1, 0.15) is 22.1 Å². The Hall–Kier alpha value is -2.94. The second-order valence-electron chi connectivity index (χ2n) is 5.85. The normalized spacial score (nSPS) is 14.2. The summed E-state index contributed by atoms with van der Waals surface area (Å²) in [5.41, 5.74) is 0.972. The minimum atomic E-state index is -0.329. The molecule has 3 aromatic heterocycles. The van der Waals surface area contributed by atoms with Gasteiger partial charge in [-0.1, -0.05) is 0 Å². The first-order valence-corrected chi connectivity index (χ1v) is 8.02. The summed E-state index contributed by atoms with van der Waals surface area (Å²) in [5.74, 6) is 2.03. The van der Waals surface area contributed by atoms with Gasteiger partial charge in [0.1, 0.15) is 17.4 Å². The smallest absolute Gasteiger partial charge is 0.279 e. The Bertz CT molecular complexity index is 922. The molecule has 25 heavy (non-hydrogen) atoms. The van der Waals surface area contributed by atoms with Gasteiger partial charge in [-0.05, 0) is 6.92 Å². The molecule has 1 amide bonds. The summed E-state index contributed by atoms with van der Waals surface area (Å²) in [7, 11) is 1.81. The predicted octanol–water partition coefficient (Wildman–Crippen LogP) is 1.41. The SMILES string of the molecule is Cc1oc(-c2cnn(C)c2)nc1C(=O)Nc1cnc2n1CCOCC2. The fraction of sp³-hybridized carbons (Fsp3) is 0.375. The van der Waals surface area contributed by atoms with Crippen molar-refractivity contribution in [2.24, 2.45) is 7.05 Å². The van der Waals surface area contributed by atoms with E-state index in [4.69, 9.17) is 9.15 Å². The molecular weight excluding hydrogens is 324 g/mol. The van der Waals surface area contributed by atoms with E-state index in [9.17, 15) is 4.79 Å². The Morgan fingerprint density at radius 3 is 3.00 bits per heavy atom. The monoisotopic (exact) mass is 342 g/mol. The van der Waals surface area contributed by atoms with E-state index in [2.05, 4.69) is 20.4 Å². The van der Waals surface area contributed by atoms with E-state index in [1.165, 1.54) is 0 Å². The fourth-order valence-corrected chi connectivity index (χ4v) is 2.82. The molecule has 130 valence electrons. The van der Waals surface area contributed by atoms with Gasteiger partial charge in [0.05, 0.1) is 31.2 Å². The predicted molar refractivity (Wildman–Crippen MR) is 88.1 cm³/mol. The zero-order valence-corrected chi connectivity index (χ0v) is 14.0. The number of nitrogens with one attached hydrogen (secondary N) is 1. The number of nitrogens with zero attached hydrogens (tertiary/aromatic N) is 5. The number of fused-ring (bicyclic) bond motifs is 1. The second kappa shape index (κ2) is 6.17. The summed E-state index contributed by atoms with van der Waals surface area (Å²) in [6.07, 6.45) is 5.81. The molecule has 9 nitrogen and oxygen atoms in total. The maximum Gasteiger partial charge on any atom is 0.279 e. The van der Waals surface area contributed by atoms with Crippen LogP contribution in [0, 0.1) is 6.92 Å². The number of anilines is 1. The van der Waals surface area contributed by atoms with Gasteiger partial charge in [-0.15, -0.1) is 0 Å². The van der Waals surface area contributed by atoms with Crippen LogP contribution in [0.25, 0.3) is 11.5 Å². The number of carbonyl (C=O) groups excluding carboxylic acids is 1. The number of oxazole rings is 1. The number of hydrogen-bond donors (Lipinski definition) is 1. The third-order valence-electron chi connectivity index (χ3n) is 4.07. The highest BCUT2D eigenvalue weighted by Gasteiger charge is 2.21. The third-order valence-corrected chi connectivity index (χ3v) is 4.07. The van der Waals surface area contributed by atoms with Crippen LogP contribution in [0.5, 0.6) is 0 Å². The van der Waals surface area contributed by atoms with Crippen LogP contribution in [0.15, 0.2) is 23.0 Å². The van der Waals surface area contributed by atoms with E-state index in [-0.39, 0.29) is 11.6 Å². The first kappa shape index (κ1) is 15.6. The van der Waals surface area contributed by atoms with Crippen molar-refractivity contribution in [3.63, 3.8) is 0 Å². The lowest BCUT2D eigenvalue weighted by Gasteiger charge is -2.08. The molecule has 0 aromatic carbocycles. The number of amides is 1. The van der Waals surface area contributed by atoms with Gasteiger partial charge in [-0.25, -0.2) is 9.97 Å². The largest absolute Gasteiger partial charge is 0.440 e. The number of hydrogen-bond acceptors (Lipinski definition) is 6. The fourth-order valence-electron chi connectivity index (χ4n) is 2.82. The van der Waals surface area contributed by atoms with E-state index < -0.39 is 0 Å². The molecule has 1 N–H and O–H groups in total. The molecule has 0 bridgehead atoms. The van der Waals surface area contributed by atoms with Crippen LogP contribution in [0.3, 0.4) is 0 Å². The molecule has 4 rings (SSSR count). The molecule has 0 spiro atoms. The lowest BCUT2D eigenvalue weighted by molar-refractivity contribution is 0.102. The summed E-state index contributed by atoms with van der Waals surface area (Å²) in [4.78, 5) is 21.3. The summed E-state index contributed by atoms with van der Waals surface area (Å²) in [5, 5.41) is 6.95. The highest BCUT2D eigenvalue weighted by atomic mass is 16.5. The Kier molecular flexibility index (Phi) is 3.85. The number of aromatic nitrogens is 5. The lowest BCUT2D eigenvalue weighted by Crippen LogP contribution is -2.17. The highest BCUT2D eigenvalue weighted by Crippen LogP contribution is 2.22. The van der Waals surface area contributed by atoms with E-state index in [1.54, 1.807) is 30.2 Å². The first-order chi connectivity index (χ1) is 12.1. The summed E-state index contributed by atoms with van der Waals surface area (Å²) in [6, 6.07) is 0. The van der Waals surface area contributed by atoms with E-state index >= 15 is 0 Å². The van der Waals surface area contributed by atoms with Crippen molar-refractivity contribution in [3.05, 3.63) is 35.9 Å². The highest BCUT2D eigenvalue weighted by molar-refractivity contribution is 6.03. The molecule has 0 radical (unpaired) electrons. The Morgan fingerprint density at radius 2 is 2.20 bits per heavy atom. The summed E-state index contributed by atoms with van der Waals surface area (Å²) in [6.45, 7) is 3.61. The lowest BCUT2D eigenvalue weighted by atomic mass is 10.3.